The number of hydrogen-bond donors (Lipinski definition) is 2. The second-order valence-corrected chi connectivity index (χ2v) is 7.81. The van der Waals surface area contributed by atoms with Gasteiger partial charge >= 0.3 is 5.97 Å². The number of hydrogen-bond acceptors (Lipinski definition) is 4. The first-order valence-electron chi connectivity index (χ1n) is 9.78. The largest absolute Gasteiger partial charge is 0.480 e. The topological polar surface area (TPSA) is 72.9 Å². The first-order valence-corrected chi connectivity index (χ1v) is 10.2. The Morgan fingerprint density at radius 3 is 2.56 bits per heavy atom. The van der Waals surface area contributed by atoms with Crippen LogP contribution in [0.4, 0.5) is 0 Å². The van der Waals surface area contributed by atoms with E-state index in [2.05, 4.69) is 10.2 Å². The highest BCUT2D eigenvalue weighted by Crippen LogP contribution is 2.29. The van der Waals surface area contributed by atoms with Crippen LogP contribution in [0.2, 0.25) is 5.02 Å². The Balaban J connectivity index is 1.62. The van der Waals surface area contributed by atoms with Gasteiger partial charge in [0.15, 0.2) is 0 Å². The van der Waals surface area contributed by atoms with Gasteiger partial charge < -0.3 is 10.4 Å². The van der Waals surface area contributed by atoms with E-state index in [0.29, 0.717) is 24.5 Å². The Hall–Kier alpha value is -1.63. The molecule has 2 fully saturated rings. The van der Waals surface area contributed by atoms with Crippen molar-refractivity contribution in [2.45, 2.75) is 44.2 Å². The zero-order valence-corrected chi connectivity index (χ0v) is 16.3. The number of amides is 1. The number of halogens is 1. The number of nitrogens with one attached hydrogen (secondary N) is 1. The van der Waals surface area contributed by atoms with Gasteiger partial charge in [-0.1, -0.05) is 36.2 Å². The van der Waals surface area contributed by atoms with Gasteiger partial charge in [-0.25, -0.2) is 0 Å². The summed E-state index contributed by atoms with van der Waals surface area (Å²) in [7, 11) is 0. The highest BCUT2D eigenvalue weighted by Gasteiger charge is 2.30. The lowest BCUT2D eigenvalue weighted by molar-refractivity contribution is -0.145. The van der Waals surface area contributed by atoms with Crippen molar-refractivity contribution in [3.63, 3.8) is 0 Å². The van der Waals surface area contributed by atoms with E-state index in [-0.39, 0.29) is 18.5 Å². The molecule has 0 radical (unpaired) electrons. The summed E-state index contributed by atoms with van der Waals surface area (Å²) in [6, 6.07) is 7.27. The molecule has 2 aliphatic heterocycles. The van der Waals surface area contributed by atoms with Crippen molar-refractivity contribution in [2.24, 2.45) is 0 Å². The van der Waals surface area contributed by atoms with Crippen LogP contribution in [0, 0.1) is 0 Å². The molecule has 0 spiro atoms. The minimum atomic E-state index is -0.839. The summed E-state index contributed by atoms with van der Waals surface area (Å²) in [5.74, 6) is -0.965. The molecule has 148 valence electrons. The van der Waals surface area contributed by atoms with E-state index >= 15 is 0 Å². The number of carbonyl (C=O) groups excluding carboxylic acids is 1. The van der Waals surface area contributed by atoms with Crippen LogP contribution < -0.4 is 5.32 Å². The third-order valence-corrected chi connectivity index (χ3v) is 5.93. The molecule has 2 aliphatic rings. The number of aliphatic carboxylic acids is 1. The van der Waals surface area contributed by atoms with Crippen LogP contribution in [0.5, 0.6) is 0 Å². The Morgan fingerprint density at radius 1 is 1.15 bits per heavy atom. The highest BCUT2D eigenvalue weighted by atomic mass is 35.5. The molecular weight excluding hydrogens is 366 g/mol. The lowest BCUT2D eigenvalue weighted by atomic mass is 10.0. The van der Waals surface area contributed by atoms with Crippen LogP contribution in [-0.4, -0.2) is 65.5 Å². The van der Waals surface area contributed by atoms with E-state index in [1.165, 1.54) is 0 Å². The maximum atomic E-state index is 12.5. The highest BCUT2D eigenvalue weighted by molar-refractivity contribution is 6.31. The van der Waals surface area contributed by atoms with Crippen LogP contribution in [0.25, 0.3) is 0 Å². The van der Waals surface area contributed by atoms with E-state index in [0.717, 1.165) is 44.3 Å². The molecular formula is C20H28ClN3O3. The van der Waals surface area contributed by atoms with Crippen molar-refractivity contribution >= 4 is 23.5 Å². The molecule has 7 heteroatoms. The molecule has 0 bridgehead atoms. The van der Waals surface area contributed by atoms with E-state index in [9.17, 15) is 14.7 Å². The van der Waals surface area contributed by atoms with Crippen molar-refractivity contribution in [1.29, 1.82) is 0 Å². The maximum Gasteiger partial charge on any atom is 0.320 e. The minimum absolute atomic E-state index is 0.0433. The molecule has 1 amide bonds. The van der Waals surface area contributed by atoms with Gasteiger partial charge in [-0.15, -0.1) is 0 Å². The summed E-state index contributed by atoms with van der Waals surface area (Å²) >= 11 is 6.41. The second kappa shape index (κ2) is 9.53. The van der Waals surface area contributed by atoms with E-state index < -0.39 is 12.0 Å². The predicted molar refractivity (Wildman–Crippen MR) is 105 cm³/mol. The van der Waals surface area contributed by atoms with Gasteiger partial charge in [0.2, 0.25) is 5.91 Å². The zero-order chi connectivity index (χ0) is 19.2. The normalized spacial score (nSPS) is 22.5. The van der Waals surface area contributed by atoms with Crippen molar-refractivity contribution in [3.8, 4) is 0 Å². The molecule has 2 heterocycles. The van der Waals surface area contributed by atoms with Crippen LogP contribution >= 0.6 is 11.6 Å². The third kappa shape index (κ3) is 5.21. The molecule has 0 aliphatic carbocycles. The molecule has 2 N–H and O–H groups in total. The van der Waals surface area contributed by atoms with Crippen LogP contribution in [-0.2, 0) is 9.59 Å². The Labute approximate surface area is 165 Å². The predicted octanol–water partition coefficient (Wildman–Crippen LogP) is 2.53. The molecule has 1 aromatic rings. The number of nitrogens with zero attached hydrogens (tertiary/aromatic N) is 2. The minimum Gasteiger partial charge on any atom is -0.480 e. The lowest BCUT2D eigenvalue weighted by Crippen LogP contribution is -2.49. The van der Waals surface area contributed by atoms with Gasteiger partial charge in [-0.2, -0.15) is 0 Å². The third-order valence-electron chi connectivity index (χ3n) is 5.58. The maximum absolute atomic E-state index is 12.5. The summed E-state index contributed by atoms with van der Waals surface area (Å²) in [5, 5.41) is 13.1. The molecule has 0 saturated carbocycles. The fourth-order valence-corrected chi connectivity index (χ4v) is 4.41. The summed E-state index contributed by atoms with van der Waals surface area (Å²) in [5.41, 5.74) is 1.03. The van der Waals surface area contributed by atoms with Gasteiger partial charge in [0.25, 0.3) is 0 Å². The number of likely N-dealkylation sites (tertiary alicyclic amines) is 2. The monoisotopic (exact) mass is 393 g/mol. The Bertz CT molecular complexity index is 664. The van der Waals surface area contributed by atoms with Crippen LogP contribution in [0.3, 0.4) is 0 Å². The van der Waals surface area contributed by atoms with Crippen LogP contribution in [0.15, 0.2) is 24.3 Å². The van der Waals surface area contributed by atoms with Gasteiger partial charge in [0.1, 0.15) is 6.04 Å². The van der Waals surface area contributed by atoms with Crippen molar-refractivity contribution < 1.29 is 14.7 Å². The standard InChI is InChI=1S/C20H28ClN3O3/c21-16-8-2-1-7-15(16)18(23-10-5-6-11-23)13-22-19(25)14-24-12-4-3-9-17(24)20(26)27/h1-2,7-8,17-18H,3-6,9-14H2,(H,22,25)(H,26,27). The number of rotatable bonds is 7. The summed E-state index contributed by atoms with van der Waals surface area (Å²) < 4.78 is 0. The molecule has 27 heavy (non-hydrogen) atoms. The first kappa shape index (κ1) is 20.1. The molecule has 0 aromatic heterocycles. The number of benzene rings is 1. The van der Waals surface area contributed by atoms with E-state index in [1.54, 1.807) is 4.90 Å². The summed E-state index contributed by atoms with van der Waals surface area (Å²) in [6.07, 6.45) is 4.76. The molecule has 2 unspecified atom stereocenters. The average Bonchev–Trinajstić information content (AvgIpc) is 3.18. The first-order chi connectivity index (χ1) is 13.1. The SMILES string of the molecule is O=C(CN1CCCCC1C(=O)O)NCC(c1ccccc1Cl)N1CCCC1. The molecule has 6 nitrogen and oxygen atoms in total. The Morgan fingerprint density at radius 2 is 1.85 bits per heavy atom. The number of carboxylic acids is 1. The van der Waals surface area contributed by atoms with Crippen molar-refractivity contribution in [1.82, 2.24) is 15.1 Å². The van der Waals surface area contributed by atoms with E-state index in [4.69, 9.17) is 11.6 Å². The molecule has 2 atom stereocenters. The molecule has 2 saturated heterocycles. The molecule has 1 aromatic carbocycles. The second-order valence-electron chi connectivity index (χ2n) is 7.40. The van der Waals surface area contributed by atoms with E-state index in [1.807, 2.05) is 24.3 Å². The molecule has 3 rings (SSSR count). The lowest BCUT2D eigenvalue weighted by Gasteiger charge is -2.33. The van der Waals surface area contributed by atoms with Gasteiger partial charge in [0, 0.05) is 11.6 Å². The fourth-order valence-electron chi connectivity index (χ4n) is 4.15. The summed E-state index contributed by atoms with van der Waals surface area (Å²) in [4.78, 5) is 28.1. The quantitative estimate of drug-likeness (QED) is 0.744. The fraction of sp³-hybridized carbons (Fsp3) is 0.600. The van der Waals surface area contributed by atoms with Crippen molar-refractivity contribution in [2.75, 3.05) is 32.7 Å². The number of carboxylic acid groups (broad SMARTS) is 1. The number of carbonyl (C=O) groups is 2. The van der Waals surface area contributed by atoms with Gasteiger partial charge in [-0.3, -0.25) is 19.4 Å². The zero-order valence-electron chi connectivity index (χ0n) is 15.6. The van der Waals surface area contributed by atoms with Crippen LogP contribution in [0.1, 0.15) is 43.7 Å². The van der Waals surface area contributed by atoms with Crippen molar-refractivity contribution in [3.05, 3.63) is 34.9 Å². The average molecular weight is 394 g/mol. The smallest absolute Gasteiger partial charge is 0.320 e. The van der Waals surface area contributed by atoms with Gasteiger partial charge in [-0.05, 0) is 56.9 Å². The Kier molecular flexibility index (Phi) is 7.10. The number of piperidine rings is 1. The summed E-state index contributed by atoms with van der Waals surface area (Å²) in [6.45, 7) is 3.27. The van der Waals surface area contributed by atoms with Gasteiger partial charge in [0.05, 0.1) is 12.6 Å².